The van der Waals surface area contributed by atoms with E-state index in [0.29, 0.717) is 19.4 Å². The van der Waals surface area contributed by atoms with Crippen LogP contribution < -0.4 is 10.2 Å². The number of carbonyl (C=O) groups excluding carboxylic acids is 1. The molecule has 1 amide bonds. The van der Waals surface area contributed by atoms with Crippen molar-refractivity contribution in [1.29, 1.82) is 0 Å². The van der Waals surface area contributed by atoms with Crippen LogP contribution in [-0.2, 0) is 21.7 Å². The van der Waals surface area contributed by atoms with Crippen molar-refractivity contribution in [3.05, 3.63) is 12.3 Å². The van der Waals surface area contributed by atoms with Crippen LogP contribution in [0.2, 0.25) is 0 Å². The number of hydrogen-bond acceptors (Lipinski definition) is 5. The average Bonchev–Trinajstić information content (AvgIpc) is 2.82. The number of nitrogens with one attached hydrogen (secondary N) is 1. The van der Waals surface area contributed by atoms with Crippen LogP contribution in [0.3, 0.4) is 0 Å². The zero-order valence-corrected chi connectivity index (χ0v) is 14.5. The molecule has 1 aliphatic carbocycles. The van der Waals surface area contributed by atoms with Gasteiger partial charge in [-0.25, -0.2) is 8.42 Å². The molecule has 0 unspecified atom stereocenters. The van der Waals surface area contributed by atoms with Crippen LogP contribution in [0.4, 0.5) is 5.82 Å². The number of amides is 1. The second-order valence-electron chi connectivity index (χ2n) is 6.69. The molecule has 0 spiro atoms. The molecule has 1 aliphatic heterocycles. The largest absolute Gasteiger partial charge is 0.355 e. The third-order valence-electron chi connectivity index (χ3n) is 5.16. The summed E-state index contributed by atoms with van der Waals surface area (Å²) in [7, 11) is -1.49. The number of aryl methyl sites for hydroxylation is 1. The number of rotatable bonds is 4. The fourth-order valence-corrected chi connectivity index (χ4v) is 4.99. The number of aromatic nitrogens is 2. The standard InChI is InChI=1S/C15H24N4O3S/c1-18-13(6-9-16-18)19-10-3-5-12(11-19)17-14(20)15(7-4-8-15)23(2,21)22/h6,9,12H,3-5,7-8,10-11H2,1-2H3,(H,17,20)/t12-/m0/s1. The normalized spacial score (nSPS) is 24.1. The summed E-state index contributed by atoms with van der Waals surface area (Å²) in [5.74, 6) is 0.702. The van der Waals surface area contributed by atoms with Gasteiger partial charge in [-0.05, 0) is 32.1 Å². The summed E-state index contributed by atoms with van der Waals surface area (Å²) >= 11 is 0. The lowest BCUT2D eigenvalue weighted by Gasteiger charge is -2.41. The van der Waals surface area contributed by atoms with Gasteiger partial charge in [-0.1, -0.05) is 0 Å². The smallest absolute Gasteiger partial charge is 0.241 e. The lowest BCUT2D eigenvalue weighted by atomic mass is 9.83. The van der Waals surface area contributed by atoms with E-state index in [1.807, 2.05) is 17.8 Å². The Balaban J connectivity index is 1.68. The zero-order chi connectivity index (χ0) is 16.7. The summed E-state index contributed by atoms with van der Waals surface area (Å²) in [6, 6.07) is 1.93. The Morgan fingerprint density at radius 1 is 1.39 bits per heavy atom. The predicted molar refractivity (Wildman–Crippen MR) is 88.0 cm³/mol. The van der Waals surface area contributed by atoms with Gasteiger partial charge in [0.15, 0.2) is 9.84 Å². The first-order valence-electron chi connectivity index (χ1n) is 8.07. The van der Waals surface area contributed by atoms with E-state index in [9.17, 15) is 13.2 Å². The number of carbonyl (C=O) groups is 1. The molecule has 128 valence electrons. The molecule has 8 heteroatoms. The summed E-state index contributed by atoms with van der Waals surface area (Å²) in [5, 5.41) is 7.17. The van der Waals surface area contributed by atoms with Crippen molar-refractivity contribution < 1.29 is 13.2 Å². The second-order valence-corrected chi connectivity index (χ2v) is 9.02. The molecule has 1 atom stereocenters. The number of sulfone groups is 1. The maximum atomic E-state index is 12.6. The highest BCUT2D eigenvalue weighted by Gasteiger charge is 2.53. The minimum Gasteiger partial charge on any atom is -0.355 e. The van der Waals surface area contributed by atoms with Gasteiger partial charge in [0.1, 0.15) is 10.6 Å². The fourth-order valence-electron chi connectivity index (χ4n) is 3.56. The van der Waals surface area contributed by atoms with E-state index < -0.39 is 14.6 Å². The molecule has 0 bridgehead atoms. The third-order valence-corrected chi connectivity index (χ3v) is 7.17. The molecule has 23 heavy (non-hydrogen) atoms. The van der Waals surface area contributed by atoms with E-state index in [1.165, 1.54) is 6.26 Å². The number of hydrogen-bond donors (Lipinski definition) is 1. The summed E-state index contributed by atoms with van der Waals surface area (Å²) in [5.41, 5.74) is 0. The Bertz CT molecular complexity index is 693. The Morgan fingerprint density at radius 3 is 2.65 bits per heavy atom. The minimum absolute atomic E-state index is 0.0228. The monoisotopic (exact) mass is 340 g/mol. The van der Waals surface area contributed by atoms with Crippen molar-refractivity contribution in [3.63, 3.8) is 0 Å². The van der Waals surface area contributed by atoms with Crippen LogP contribution in [0.25, 0.3) is 0 Å². The average molecular weight is 340 g/mol. The number of anilines is 1. The van der Waals surface area contributed by atoms with Gasteiger partial charge >= 0.3 is 0 Å². The lowest BCUT2D eigenvalue weighted by Crippen LogP contribution is -2.60. The highest BCUT2D eigenvalue weighted by molar-refractivity contribution is 7.93. The minimum atomic E-state index is -3.38. The summed E-state index contributed by atoms with van der Waals surface area (Å²) < 4.78 is 24.7. The van der Waals surface area contributed by atoms with Crippen LogP contribution in [-0.4, -0.2) is 54.2 Å². The van der Waals surface area contributed by atoms with Crippen molar-refractivity contribution in [3.8, 4) is 0 Å². The Kier molecular flexibility index (Phi) is 4.12. The van der Waals surface area contributed by atoms with Gasteiger partial charge in [-0.2, -0.15) is 5.10 Å². The quantitative estimate of drug-likeness (QED) is 0.861. The SMILES string of the molecule is Cn1nccc1N1CCC[C@H](NC(=O)C2(S(C)(=O)=O)CCC2)C1. The molecular formula is C15H24N4O3S. The second kappa shape index (κ2) is 5.81. The van der Waals surface area contributed by atoms with Gasteiger partial charge in [0.25, 0.3) is 0 Å². The number of piperidine rings is 1. The van der Waals surface area contributed by atoms with Crippen molar-refractivity contribution in [2.24, 2.45) is 7.05 Å². The summed E-state index contributed by atoms with van der Waals surface area (Å²) in [4.78, 5) is 14.8. The maximum absolute atomic E-state index is 12.6. The molecule has 2 aliphatic rings. The van der Waals surface area contributed by atoms with Gasteiger partial charge < -0.3 is 10.2 Å². The summed E-state index contributed by atoms with van der Waals surface area (Å²) in [6.07, 6.45) is 6.44. The van der Waals surface area contributed by atoms with Crippen LogP contribution in [0, 0.1) is 0 Å². The van der Waals surface area contributed by atoms with Crippen molar-refractivity contribution in [2.45, 2.75) is 42.9 Å². The lowest BCUT2D eigenvalue weighted by molar-refractivity contribution is -0.126. The Labute approximate surface area is 137 Å². The molecule has 1 saturated heterocycles. The topological polar surface area (TPSA) is 84.3 Å². The predicted octanol–water partition coefficient (Wildman–Crippen LogP) is 0.472. The fraction of sp³-hybridized carbons (Fsp3) is 0.733. The Morgan fingerprint density at radius 2 is 2.13 bits per heavy atom. The molecule has 2 heterocycles. The van der Waals surface area contributed by atoms with E-state index >= 15 is 0 Å². The van der Waals surface area contributed by atoms with E-state index in [1.54, 1.807) is 6.20 Å². The first-order chi connectivity index (χ1) is 10.8. The van der Waals surface area contributed by atoms with Gasteiger partial charge in [0.05, 0.1) is 6.20 Å². The van der Waals surface area contributed by atoms with E-state index in [0.717, 1.165) is 31.6 Å². The van der Waals surface area contributed by atoms with Crippen molar-refractivity contribution in [2.75, 3.05) is 24.2 Å². The molecule has 3 rings (SSSR count). The van der Waals surface area contributed by atoms with E-state index in [2.05, 4.69) is 15.3 Å². The van der Waals surface area contributed by atoms with Gasteiger partial charge in [0.2, 0.25) is 5.91 Å². The first-order valence-corrected chi connectivity index (χ1v) is 9.96. The molecule has 0 aromatic carbocycles. The van der Waals surface area contributed by atoms with Crippen molar-refractivity contribution >= 4 is 21.6 Å². The van der Waals surface area contributed by atoms with Crippen LogP contribution in [0.5, 0.6) is 0 Å². The molecule has 0 radical (unpaired) electrons. The molecule has 1 saturated carbocycles. The highest BCUT2D eigenvalue weighted by Crippen LogP contribution is 2.39. The van der Waals surface area contributed by atoms with Gasteiger partial charge in [-0.3, -0.25) is 9.48 Å². The van der Waals surface area contributed by atoms with Crippen LogP contribution in [0.15, 0.2) is 12.3 Å². The van der Waals surface area contributed by atoms with Crippen LogP contribution >= 0.6 is 0 Å². The molecular weight excluding hydrogens is 316 g/mol. The first kappa shape index (κ1) is 16.3. The molecule has 7 nitrogen and oxygen atoms in total. The Hall–Kier alpha value is -1.57. The van der Waals surface area contributed by atoms with E-state index in [-0.39, 0.29) is 11.9 Å². The van der Waals surface area contributed by atoms with Crippen LogP contribution in [0.1, 0.15) is 32.1 Å². The highest BCUT2D eigenvalue weighted by atomic mass is 32.2. The molecule has 1 N–H and O–H groups in total. The summed E-state index contributed by atoms with van der Waals surface area (Å²) in [6.45, 7) is 1.61. The maximum Gasteiger partial charge on any atom is 0.241 e. The van der Waals surface area contributed by atoms with Crippen molar-refractivity contribution in [1.82, 2.24) is 15.1 Å². The third kappa shape index (κ3) is 2.84. The van der Waals surface area contributed by atoms with E-state index in [4.69, 9.17) is 0 Å². The number of nitrogens with zero attached hydrogens (tertiary/aromatic N) is 3. The zero-order valence-electron chi connectivity index (χ0n) is 13.7. The molecule has 2 fully saturated rings. The van der Waals surface area contributed by atoms with Gasteiger partial charge in [0, 0.05) is 38.5 Å². The van der Waals surface area contributed by atoms with Gasteiger partial charge in [-0.15, -0.1) is 0 Å². The molecule has 1 aromatic heterocycles. The molecule has 1 aromatic rings.